The molecule has 2 aromatic carbocycles. The largest absolute Gasteiger partial charge is 0.416 e. The molecule has 1 aliphatic rings. The number of nitrogens with zero attached hydrogens (tertiary/aromatic N) is 5. The van der Waals surface area contributed by atoms with Gasteiger partial charge >= 0.3 is 6.18 Å². The number of anilines is 2. The van der Waals surface area contributed by atoms with Gasteiger partial charge in [-0.1, -0.05) is 0 Å². The smallest absolute Gasteiger partial charge is 0.382 e. The molecule has 3 heterocycles. The summed E-state index contributed by atoms with van der Waals surface area (Å²) in [6, 6.07) is 8.95. The van der Waals surface area contributed by atoms with E-state index in [0.717, 1.165) is 23.4 Å². The highest BCUT2D eigenvalue weighted by Gasteiger charge is 2.31. The molecule has 7 nitrogen and oxygen atoms in total. The van der Waals surface area contributed by atoms with E-state index in [0.29, 0.717) is 53.3 Å². The van der Waals surface area contributed by atoms with Crippen LogP contribution in [0.25, 0.3) is 22.3 Å². The Morgan fingerprint density at radius 1 is 1.09 bits per heavy atom. The third-order valence-electron chi connectivity index (χ3n) is 5.84. The van der Waals surface area contributed by atoms with Crippen molar-refractivity contribution in [3.63, 3.8) is 0 Å². The molecule has 0 fully saturated rings. The highest BCUT2D eigenvalue weighted by Crippen LogP contribution is 2.33. The molecule has 0 bridgehead atoms. The third kappa shape index (κ3) is 3.74. The van der Waals surface area contributed by atoms with Crippen LogP contribution in [0.15, 0.2) is 48.8 Å². The van der Waals surface area contributed by atoms with Crippen LogP contribution in [0.2, 0.25) is 0 Å². The van der Waals surface area contributed by atoms with Crippen molar-refractivity contribution in [2.45, 2.75) is 26.6 Å². The predicted molar refractivity (Wildman–Crippen MR) is 123 cm³/mol. The number of carbonyl (C=O) groups is 1. The van der Waals surface area contributed by atoms with Gasteiger partial charge in [0.2, 0.25) is 0 Å². The maximum absolute atomic E-state index is 13.2. The topological polar surface area (TPSA) is 75.9 Å². The first kappa shape index (κ1) is 21.9. The summed E-state index contributed by atoms with van der Waals surface area (Å²) in [4.78, 5) is 23.7. The van der Waals surface area contributed by atoms with Crippen LogP contribution in [0.5, 0.6) is 0 Å². The van der Waals surface area contributed by atoms with Crippen LogP contribution in [0.3, 0.4) is 0 Å². The lowest BCUT2D eigenvalue weighted by atomic mass is 10.1. The quantitative estimate of drug-likeness (QED) is 0.462. The molecular formula is C24H21F3N6O. The zero-order valence-electron chi connectivity index (χ0n) is 18.5. The number of fused-ring (bicyclic) bond motifs is 2. The molecule has 0 saturated heterocycles. The monoisotopic (exact) mass is 466 g/mol. The minimum Gasteiger partial charge on any atom is -0.382 e. The van der Waals surface area contributed by atoms with Gasteiger partial charge in [-0.15, -0.1) is 0 Å². The van der Waals surface area contributed by atoms with Crippen molar-refractivity contribution in [2.75, 3.05) is 23.3 Å². The first-order valence-corrected chi connectivity index (χ1v) is 10.8. The Labute approximate surface area is 193 Å². The van der Waals surface area contributed by atoms with Crippen molar-refractivity contribution in [1.29, 1.82) is 0 Å². The highest BCUT2D eigenvalue weighted by atomic mass is 19.4. The van der Waals surface area contributed by atoms with Crippen LogP contribution in [-0.2, 0) is 12.7 Å². The summed E-state index contributed by atoms with van der Waals surface area (Å²) in [5.41, 5.74) is 3.29. The molecule has 0 atom stereocenters. The summed E-state index contributed by atoms with van der Waals surface area (Å²) in [5, 5.41) is 7.80. The SMILES string of the molecule is CCNc1cnn2c1C(=O)N(c1ccc(-c3ncc4cc(C(F)(F)F)ccc4n3)cc1C)CC2. The van der Waals surface area contributed by atoms with E-state index in [9.17, 15) is 18.0 Å². The summed E-state index contributed by atoms with van der Waals surface area (Å²) >= 11 is 0. The van der Waals surface area contributed by atoms with Gasteiger partial charge in [0.25, 0.3) is 5.91 Å². The number of benzene rings is 2. The Morgan fingerprint density at radius 2 is 1.91 bits per heavy atom. The zero-order valence-corrected chi connectivity index (χ0v) is 18.5. The summed E-state index contributed by atoms with van der Waals surface area (Å²) in [6.45, 7) is 5.62. The molecule has 4 aromatic rings. The molecule has 2 aromatic heterocycles. The molecule has 0 aliphatic carbocycles. The Hall–Kier alpha value is -3.95. The number of aromatic nitrogens is 4. The van der Waals surface area contributed by atoms with E-state index in [1.54, 1.807) is 15.8 Å². The fraction of sp³-hybridized carbons (Fsp3) is 0.250. The van der Waals surface area contributed by atoms with Crippen molar-refractivity contribution in [3.05, 3.63) is 65.6 Å². The van der Waals surface area contributed by atoms with Crippen LogP contribution < -0.4 is 10.2 Å². The van der Waals surface area contributed by atoms with E-state index in [1.165, 1.54) is 12.3 Å². The Balaban J connectivity index is 1.45. The Morgan fingerprint density at radius 3 is 2.65 bits per heavy atom. The van der Waals surface area contributed by atoms with Crippen LogP contribution in [0, 0.1) is 6.92 Å². The van der Waals surface area contributed by atoms with Gasteiger partial charge in [0.15, 0.2) is 5.82 Å². The Kier molecular flexibility index (Phi) is 5.22. The molecule has 1 amide bonds. The van der Waals surface area contributed by atoms with Gasteiger partial charge in [-0.3, -0.25) is 9.48 Å². The van der Waals surface area contributed by atoms with Gasteiger partial charge in [-0.25, -0.2) is 9.97 Å². The predicted octanol–water partition coefficient (Wildman–Crippen LogP) is 4.91. The third-order valence-corrected chi connectivity index (χ3v) is 5.84. The average molecular weight is 466 g/mol. The van der Waals surface area contributed by atoms with Crippen LogP contribution in [0.1, 0.15) is 28.5 Å². The normalized spacial score (nSPS) is 13.9. The second-order valence-corrected chi connectivity index (χ2v) is 8.08. The van der Waals surface area contributed by atoms with Crippen molar-refractivity contribution >= 4 is 28.2 Å². The minimum absolute atomic E-state index is 0.127. The lowest BCUT2D eigenvalue weighted by Gasteiger charge is -2.29. The van der Waals surface area contributed by atoms with Crippen LogP contribution in [0.4, 0.5) is 24.5 Å². The van der Waals surface area contributed by atoms with Crippen molar-refractivity contribution in [1.82, 2.24) is 19.7 Å². The molecule has 0 spiro atoms. The number of nitrogens with one attached hydrogen (secondary N) is 1. The minimum atomic E-state index is -4.42. The molecule has 0 saturated carbocycles. The molecule has 34 heavy (non-hydrogen) atoms. The zero-order chi connectivity index (χ0) is 24.0. The van der Waals surface area contributed by atoms with Gasteiger partial charge in [0, 0.05) is 35.9 Å². The van der Waals surface area contributed by atoms with Crippen molar-refractivity contribution < 1.29 is 18.0 Å². The van der Waals surface area contributed by atoms with E-state index in [1.807, 2.05) is 32.0 Å². The van der Waals surface area contributed by atoms with Crippen LogP contribution >= 0.6 is 0 Å². The van der Waals surface area contributed by atoms with Crippen LogP contribution in [-0.4, -0.2) is 38.7 Å². The maximum atomic E-state index is 13.2. The number of halogens is 3. The Bertz CT molecular complexity index is 1410. The second-order valence-electron chi connectivity index (χ2n) is 8.08. The number of carbonyl (C=O) groups excluding carboxylic acids is 1. The van der Waals surface area contributed by atoms with Gasteiger partial charge in [-0.05, 0) is 55.8 Å². The molecule has 1 aliphatic heterocycles. The summed E-state index contributed by atoms with van der Waals surface area (Å²) in [5.74, 6) is 0.275. The lowest BCUT2D eigenvalue weighted by molar-refractivity contribution is -0.137. The van der Waals surface area contributed by atoms with E-state index in [2.05, 4.69) is 20.4 Å². The summed E-state index contributed by atoms with van der Waals surface area (Å²) in [6.07, 6.45) is -1.35. The number of hydrogen-bond donors (Lipinski definition) is 1. The number of rotatable bonds is 4. The van der Waals surface area contributed by atoms with E-state index >= 15 is 0 Å². The second kappa shape index (κ2) is 8.12. The maximum Gasteiger partial charge on any atom is 0.416 e. The molecular weight excluding hydrogens is 445 g/mol. The molecule has 5 rings (SSSR count). The van der Waals surface area contributed by atoms with Crippen molar-refractivity contribution in [2.24, 2.45) is 0 Å². The fourth-order valence-electron chi connectivity index (χ4n) is 4.20. The number of aryl methyl sites for hydroxylation is 1. The number of alkyl halides is 3. The number of hydrogen-bond acceptors (Lipinski definition) is 5. The molecule has 1 N–H and O–H groups in total. The fourth-order valence-corrected chi connectivity index (χ4v) is 4.20. The van der Waals surface area contributed by atoms with E-state index < -0.39 is 11.7 Å². The average Bonchev–Trinajstić information content (AvgIpc) is 3.22. The molecule has 0 unspecified atom stereocenters. The molecule has 0 radical (unpaired) electrons. The van der Waals surface area contributed by atoms with E-state index in [-0.39, 0.29) is 5.91 Å². The standard InChI is InChI=1S/C24H21F3N6O/c1-3-28-19-13-30-33-9-8-32(23(34)21(19)33)20-7-4-15(10-14(20)2)22-29-12-16-11-17(24(25,26)27)5-6-18(16)31-22/h4-7,10-13,28H,3,8-9H2,1-2H3. The first-order valence-electron chi connectivity index (χ1n) is 10.8. The highest BCUT2D eigenvalue weighted by molar-refractivity contribution is 6.09. The van der Waals surface area contributed by atoms with Gasteiger partial charge < -0.3 is 10.2 Å². The summed E-state index contributed by atoms with van der Waals surface area (Å²) < 4.78 is 40.6. The number of amides is 1. The van der Waals surface area contributed by atoms with Gasteiger partial charge in [0.1, 0.15) is 5.69 Å². The first-order chi connectivity index (χ1) is 16.3. The molecule has 10 heteroatoms. The summed E-state index contributed by atoms with van der Waals surface area (Å²) in [7, 11) is 0. The van der Waals surface area contributed by atoms with Gasteiger partial charge in [-0.2, -0.15) is 18.3 Å². The van der Waals surface area contributed by atoms with E-state index in [4.69, 9.17) is 0 Å². The molecule has 174 valence electrons. The van der Waals surface area contributed by atoms with Crippen molar-refractivity contribution in [3.8, 4) is 11.4 Å². The lowest BCUT2D eigenvalue weighted by Crippen LogP contribution is -2.41. The van der Waals surface area contributed by atoms with Gasteiger partial charge in [0.05, 0.1) is 29.5 Å².